The Hall–Kier alpha value is -2.29. The number of rotatable bonds is 7. The molecule has 4 rings (SSSR count). The van der Waals surface area contributed by atoms with Gasteiger partial charge in [-0.15, -0.1) is 24.0 Å². The molecule has 0 aromatic heterocycles. The number of amides is 1. The lowest BCUT2D eigenvalue weighted by Gasteiger charge is -2.36. The molecule has 7 heteroatoms. The number of nitrogens with zero attached hydrogens (tertiary/aromatic N) is 3. The highest BCUT2D eigenvalue weighted by atomic mass is 127. The SMILES string of the molecule is CN=C(NCCC(=O)N1CCN(c2ccccc2)CC1)NCC1(c2ccccc2)CC1.I. The van der Waals surface area contributed by atoms with E-state index < -0.39 is 0 Å². The highest BCUT2D eigenvalue weighted by Gasteiger charge is 2.44. The lowest BCUT2D eigenvalue weighted by molar-refractivity contribution is -0.131. The van der Waals surface area contributed by atoms with E-state index in [0.717, 1.165) is 38.7 Å². The van der Waals surface area contributed by atoms with E-state index in [4.69, 9.17) is 0 Å². The Labute approximate surface area is 208 Å². The zero-order chi connectivity index (χ0) is 21.5. The van der Waals surface area contributed by atoms with E-state index in [2.05, 4.69) is 75.1 Å². The van der Waals surface area contributed by atoms with E-state index in [1.807, 2.05) is 11.0 Å². The van der Waals surface area contributed by atoms with Gasteiger partial charge >= 0.3 is 0 Å². The second-order valence-electron chi connectivity index (χ2n) is 8.45. The van der Waals surface area contributed by atoms with Crippen LogP contribution in [-0.4, -0.2) is 63.1 Å². The second kappa shape index (κ2) is 11.5. The largest absolute Gasteiger partial charge is 0.368 e. The van der Waals surface area contributed by atoms with Crippen molar-refractivity contribution in [3.05, 3.63) is 66.2 Å². The molecule has 1 aliphatic heterocycles. The molecule has 2 fully saturated rings. The van der Waals surface area contributed by atoms with Gasteiger partial charge in [-0.1, -0.05) is 48.5 Å². The van der Waals surface area contributed by atoms with Crippen molar-refractivity contribution in [2.24, 2.45) is 4.99 Å². The van der Waals surface area contributed by atoms with Crippen LogP contribution in [0.25, 0.3) is 0 Å². The van der Waals surface area contributed by atoms with Crippen LogP contribution in [0.4, 0.5) is 5.69 Å². The van der Waals surface area contributed by atoms with Gasteiger partial charge in [-0.25, -0.2) is 0 Å². The van der Waals surface area contributed by atoms with Crippen molar-refractivity contribution >= 4 is 41.5 Å². The third-order valence-corrected chi connectivity index (χ3v) is 6.44. The minimum atomic E-state index is 0. The molecule has 1 heterocycles. The average Bonchev–Trinajstić information content (AvgIpc) is 3.63. The number of para-hydroxylation sites is 1. The summed E-state index contributed by atoms with van der Waals surface area (Å²) in [6.45, 7) is 4.78. The first-order valence-corrected chi connectivity index (χ1v) is 11.3. The Morgan fingerprint density at radius 2 is 1.56 bits per heavy atom. The molecule has 1 amide bonds. The van der Waals surface area contributed by atoms with Gasteiger partial charge in [0.25, 0.3) is 0 Å². The van der Waals surface area contributed by atoms with Gasteiger partial charge in [0, 0.05) is 63.8 Å². The van der Waals surface area contributed by atoms with Crippen LogP contribution in [0.2, 0.25) is 0 Å². The van der Waals surface area contributed by atoms with Gasteiger partial charge < -0.3 is 20.4 Å². The number of piperazine rings is 1. The number of benzene rings is 2. The maximum atomic E-state index is 12.6. The maximum absolute atomic E-state index is 12.6. The first-order valence-electron chi connectivity index (χ1n) is 11.3. The number of nitrogens with one attached hydrogen (secondary N) is 2. The zero-order valence-electron chi connectivity index (χ0n) is 18.8. The summed E-state index contributed by atoms with van der Waals surface area (Å²) in [6, 6.07) is 21.1. The number of guanidine groups is 1. The van der Waals surface area contributed by atoms with Crippen LogP contribution in [0, 0.1) is 0 Å². The molecule has 2 aromatic rings. The van der Waals surface area contributed by atoms with Gasteiger partial charge in [0.15, 0.2) is 5.96 Å². The molecule has 172 valence electrons. The standard InChI is InChI=1S/C25H33N5O.HI/c1-26-24(28-20-25(13-14-25)21-8-4-2-5-9-21)27-15-12-23(31)30-18-16-29(17-19-30)22-10-6-3-7-11-22;/h2-11H,12-20H2,1H3,(H2,26,27,28);1H. The van der Waals surface area contributed by atoms with Gasteiger partial charge in [-0.2, -0.15) is 0 Å². The van der Waals surface area contributed by atoms with Crippen molar-refractivity contribution in [3.63, 3.8) is 0 Å². The molecule has 0 unspecified atom stereocenters. The number of carbonyl (C=O) groups is 1. The Kier molecular flexibility index (Phi) is 8.78. The lowest BCUT2D eigenvalue weighted by atomic mass is 9.96. The van der Waals surface area contributed by atoms with E-state index >= 15 is 0 Å². The first-order chi connectivity index (χ1) is 15.2. The van der Waals surface area contributed by atoms with Crippen molar-refractivity contribution < 1.29 is 4.79 Å². The minimum absolute atomic E-state index is 0. The third-order valence-electron chi connectivity index (χ3n) is 6.44. The predicted molar refractivity (Wildman–Crippen MR) is 142 cm³/mol. The Morgan fingerprint density at radius 1 is 0.938 bits per heavy atom. The van der Waals surface area contributed by atoms with E-state index in [1.165, 1.54) is 24.1 Å². The molecule has 32 heavy (non-hydrogen) atoms. The molecule has 1 saturated heterocycles. The summed E-state index contributed by atoms with van der Waals surface area (Å²) < 4.78 is 0. The van der Waals surface area contributed by atoms with E-state index in [1.54, 1.807) is 7.05 Å². The number of hydrogen-bond donors (Lipinski definition) is 2. The van der Waals surface area contributed by atoms with E-state index in [0.29, 0.717) is 13.0 Å². The molecule has 2 aliphatic rings. The molecule has 2 N–H and O–H groups in total. The number of hydrogen-bond acceptors (Lipinski definition) is 3. The quantitative estimate of drug-likeness (QED) is 0.318. The molecule has 1 aliphatic carbocycles. The van der Waals surface area contributed by atoms with Crippen molar-refractivity contribution in [1.82, 2.24) is 15.5 Å². The highest BCUT2D eigenvalue weighted by molar-refractivity contribution is 14.0. The molecule has 0 spiro atoms. The van der Waals surface area contributed by atoms with Gasteiger partial charge in [-0.3, -0.25) is 9.79 Å². The van der Waals surface area contributed by atoms with Crippen LogP contribution >= 0.6 is 24.0 Å². The van der Waals surface area contributed by atoms with Crippen LogP contribution in [-0.2, 0) is 10.2 Å². The molecular weight excluding hydrogens is 513 g/mol. The molecule has 6 nitrogen and oxygen atoms in total. The number of halogens is 1. The fourth-order valence-electron chi connectivity index (χ4n) is 4.28. The topological polar surface area (TPSA) is 60.0 Å². The third kappa shape index (κ3) is 6.15. The zero-order valence-corrected chi connectivity index (χ0v) is 21.1. The molecule has 0 bridgehead atoms. The fraction of sp³-hybridized carbons (Fsp3) is 0.440. The summed E-state index contributed by atoms with van der Waals surface area (Å²) in [6.07, 6.45) is 2.89. The van der Waals surface area contributed by atoms with Crippen LogP contribution < -0.4 is 15.5 Å². The second-order valence-corrected chi connectivity index (χ2v) is 8.45. The van der Waals surface area contributed by atoms with Crippen molar-refractivity contribution in [2.45, 2.75) is 24.7 Å². The molecule has 1 saturated carbocycles. The Balaban J connectivity index is 0.00000289. The number of anilines is 1. The first kappa shape index (κ1) is 24.4. The molecule has 0 radical (unpaired) electrons. The van der Waals surface area contributed by atoms with Crippen LogP contribution in [0.15, 0.2) is 65.7 Å². The Bertz CT molecular complexity index is 878. The van der Waals surface area contributed by atoms with Gasteiger partial charge in [0.2, 0.25) is 5.91 Å². The summed E-state index contributed by atoms with van der Waals surface area (Å²) in [5, 5.41) is 6.76. The van der Waals surface area contributed by atoms with E-state index in [9.17, 15) is 4.79 Å². The van der Waals surface area contributed by atoms with Crippen LogP contribution in [0.1, 0.15) is 24.8 Å². The summed E-state index contributed by atoms with van der Waals surface area (Å²) >= 11 is 0. The molecule has 2 aromatic carbocycles. The number of carbonyl (C=O) groups excluding carboxylic acids is 1. The van der Waals surface area contributed by atoms with Gasteiger partial charge in [0.05, 0.1) is 0 Å². The molecular formula is C25H34IN5O. The van der Waals surface area contributed by atoms with Crippen molar-refractivity contribution in [3.8, 4) is 0 Å². The van der Waals surface area contributed by atoms with Crippen LogP contribution in [0.5, 0.6) is 0 Å². The van der Waals surface area contributed by atoms with Gasteiger partial charge in [0.1, 0.15) is 0 Å². The predicted octanol–water partition coefficient (Wildman–Crippen LogP) is 3.24. The maximum Gasteiger partial charge on any atom is 0.224 e. The summed E-state index contributed by atoms with van der Waals surface area (Å²) in [5.41, 5.74) is 2.85. The van der Waals surface area contributed by atoms with Crippen LogP contribution in [0.3, 0.4) is 0 Å². The van der Waals surface area contributed by atoms with Crippen molar-refractivity contribution in [1.29, 1.82) is 0 Å². The summed E-state index contributed by atoms with van der Waals surface area (Å²) in [5.74, 6) is 0.975. The van der Waals surface area contributed by atoms with E-state index in [-0.39, 0.29) is 35.3 Å². The fourth-order valence-corrected chi connectivity index (χ4v) is 4.28. The summed E-state index contributed by atoms with van der Waals surface area (Å²) in [4.78, 5) is 21.3. The van der Waals surface area contributed by atoms with Gasteiger partial charge in [-0.05, 0) is 30.5 Å². The smallest absolute Gasteiger partial charge is 0.224 e. The highest BCUT2D eigenvalue weighted by Crippen LogP contribution is 2.47. The normalized spacial score (nSPS) is 17.3. The minimum Gasteiger partial charge on any atom is -0.368 e. The number of aliphatic imine (C=N–C) groups is 1. The average molecular weight is 547 g/mol. The Morgan fingerprint density at radius 3 is 2.16 bits per heavy atom. The monoisotopic (exact) mass is 547 g/mol. The molecule has 0 atom stereocenters. The van der Waals surface area contributed by atoms with Crippen molar-refractivity contribution in [2.75, 3.05) is 51.2 Å². The summed E-state index contributed by atoms with van der Waals surface area (Å²) in [7, 11) is 1.78. The lowest BCUT2D eigenvalue weighted by Crippen LogP contribution is -2.49.